The number of hydrogen-bond acceptors (Lipinski definition) is 5. The number of thiazole rings is 1. The minimum absolute atomic E-state index is 0.924. The molecule has 0 atom stereocenters. The summed E-state index contributed by atoms with van der Waals surface area (Å²) in [6.45, 7) is 10.7. The van der Waals surface area contributed by atoms with Crippen LogP contribution in [0, 0.1) is 0 Å². The summed E-state index contributed by atoms with van der Waals surface area (Å²) in [6.07, 6.45) is 4.45. The van der Waals surface area contributed by atoms with Crippen LogP contribution in [-0.4, -0.2) is 18.5 Å². The number of nitrogens with zero attached hydrogens (tertiary/aromatic N) is 3. The number of benzene rings is 1. The van der Waals surface area contributed by atoms with Gasteiger partial charge in [0.15, 0.2) is 6.20 Å². The second kappa shape index (κ2) is 7.18. The predicted octanol–water partition coefficient (Wildman–Crippen LogP) is 5.35. The third kappa shape index (κ3) is 2.90. The molecule has 0 amide bonds. The number of likely N-dealkylation sites (N-methyl/N-ethyl adjacent to an activating group) is 1. The molecule has 6 heteroatoms. The number of aromatic nitrogens is 1. The van der Waals surface area contributed by atoms with Crippen LogP contribution in [0.4, 0.5) is 5.69 Å². The van der Waals surface area contributed by atoms with Gasteiger partial charge in [-0.05, 0) is 26.0 Å². The van der Waals surface area contributed by atoms with Gasteiger partial charge in [0.25, 0.3) is 5.01 Å². The molecule has 0 radical (unpaired) electrons. The lowest BCUT2D eigenvalue weighted by Gasteiger charge is -2.18. The van der Waals surface area contributed by atoms with E-state index in [1.54, 1.807) is 11.3 Å². The summed E-state index contributed by atoms with van der Waals surface area (Å²) < 4.78 is 2.28. The maximum Gasteiger partial charge on any atom is 0.264 e. The van der Waals surface area contributed by atoms with Crippen molar-refractivity contribution in [2.75, 3.05) is 18.5 Å². The summed E-state index contributed by atoms with van der Waals surface area (Å²) in [5.74, 6) is 0. The fraction of sp³-hybridized carbons (Fsp3) is 0.250. The van der Waals surface area contributed by atoms with Gasteiger partial charge in [-0.2, -0.15) is 4.57 Å². The number of aryl methyl sites for hydroxylation is 1. The van der Waals surface area contributed by atoms with Gasteiger partial charge in [-0.25, -0.2) is 0 Å². The maximum absolute atomic E-state index is 4.41. The minimum Gasteiger partial charge on any atom is -0.337 e. The summed E-state index contributed by atoms with van der Waals surface area (Å²) in [6, 6.07) is 8.58. The topological polar surface area (TPSA) is 10.4 Å². The third-order valence-corrected chi connectivity index (χ3v) is 8.01. The van der Waals surface area contributed by atoms with Gasteiger partial charge in [-0.1, -0.05) is 53.6 Å². The first kappa shape index (κ1) is 17.8. The molecule has 2 aliphatic heterocycles. The van der Waals surface area contributed by atoms with Crippen molar-refractivity contribution in [2.24, 2.45) is 0 Å². The number of thioether (sulfide) groups is 2. The van der Waals surface area contributed by atoms with Crippen molar-refractivity contribution in [3.8, 4) is 0 Å². The fourth-order valence-corrected chi connectivity index (χ4v) is 6.66. The standard InChI is InChI=1S/C20H22N3S3/c1-5-22-11-12-24-17(22)13-18-23(6-2)14(3)19(26-18)20-21(4)15-9-7-8-10-16(15)25-20/h7-13H,3,5-6H2,1-2,4H3/q+1/b20-19+. The predicted molar refractivity (Wildman–Crippen MR) is 115 cm³/mol. The van der Waals surface area contributed by atoms with Gasteiger partial charge in [0.05, 0.1) is 37.8 Å². The average Bonchev–Trinajstić information content (AvgIpc) is 3.32. The van der Waals surface area contributed by atoms with Crippen LogP contribution in [0.25, 0.3) is 6.08 Å². The molecule has 26 heavy (non-hydrogen) atoms. The molecule has 2 aromatic rings. The summed E-state index contributed by atoms with van der Waals surface area (Å²) in [7, 11) is 2.15. The van der Waals surface area contributed by atoms with Crippen LogP contribution >= 0.6 is 34.9 Å². The highest BCUT2D eigenvalue weighted by molar-refractivity contribution is 8.09. The average molecular weight is 401 g/mol. The van der Waals surface area contributed by atoms with Gasteiger partial charge in [-0.3, -0.25) is 0 Å². The SMILES string of the molecule is C=C1/C(=C2\Sc3ccccc3N2C)S/C(=C\c2scc[n+]2CC)N1CC. The van der Waals surface area contributed by atoms with Crippen LogP contribution in [0.2, 0.25) is 0 Å². The molecule has 4 rings (SSSR count). The molecule has 0 unspecified atom stereocenters. The van der Waals surface area contributed by atoms with E-state index in [1.165, 1.54) is 30.6 Å². The molecular weight excluding hydrogens is 378 g/mol. The number of hydrogen-bond donors (Lipinski definition) is 0. The molecule has 1 saturated heterocycles. The Labute approximate surface area is 167 Å². The second-order valence-corrected chi connectivity index (χ2v) is 9.05. The van der Waals surface area contributed by atoms with Crippen molar-refractivity contribution >= 4 is 46.6 Å². The molecule has 0 N–H and O–H groups in total. The van der Waals surface area contributed by atoms with Crippen LogP contribution in [-0.2, 0) is 6.54 Å². The lowest BCUT2D eigenvalue weighted by atomic mass is 10.3. The largest absolute Gasteiger partial charge is 0.337 e. The van der Waals surface area contributed by atoms with Gasteiger partial charge in [0.2, 0.25) is 0 Å². The van der Waals surface area contributed by atoms with E-state index in [0.717, 1.165) is 18.8 Å². The van der Waals surface area contributed by atoms with Crippen LogP contribution in [0.1, 0.15) is 18.9 Å². The van der Waals surface area contributed by atoms with E-state index >= 15 is 0 Å². The highest BCUT2D eigenvalue weighted by Gasteiger charge is 2.34. The van der Waals surface area contributed by atoms with E-state index in [9.17, 15) is 0 Å². The first-order valence-corrected chi connectivity index (χ1v) is 11.2. The van der Waals surface area contributed by atoms with E-state index in [0.29, 0.717) is 0 Å². The van der Waals surface area contributed by atoms with Crippen molar-refractivity contribution in [3.05, 3.63) is 68.1 Å². The Morgan fingerprint density at radius 3 is 2.73 bits per heavy atom. The Hall–Kier alpha value is -1.63. The first-order chi connectivity index (χ1) is 12.6. The van der Waals surface area contributed by atoms with Crippen molar-refractivity contribution in [3.63, 3.8) is 0 Å². The number of rotatable bonds is 3. The van der Waals surface area contributed by atoms with Crippen molar-refractivity contribution in [2.45, 2.75) is 25.3 Å². The lowest BCUT2D eigenvalue weighted by molar-refractivity contribution is -0.690. The Morgan fingerprint density at radius 1 is 1.19 bits per heavy atom. The van der Waals surface area contributed by atoms with Gasteiger partial charge in [0, 0.05) is 18.5 Å². The Kier molecular flexibility index (Phi) is 4.90. The number of anilines is 1. The molecule has 3 heterocycles. The van der Waals surface area contributed by atoms with Crippen LogP contribution in [0.15, 0.2) is 68.0 Å². The Bertz CT molecular complexity index is 926. The maximum atomic E-state index is 4.41. The first-order valence-electron chi connectivity index (χ1n) is 8.72. The van der Waals surface area contributed by atoms with E-state index in [1.807, 2.05) is 23.5 Å². The van der Waals surface area contributed by atoms with Crippen molar-refractivity contribution in [1.82, 2.24) is 4.90 Å². The van der Waals surface area contributed by atoms with E-state index in [2.05, 4.69) is 83.8 Å². The number of para-hydroxylation sites is 1. The molecule has 3 nitrogen and oxygen atoms in total. The Balaban J connectivity index is 1.73. The quantitative estimate of drug-likeness (QED) is 0.643. The van der Waals surface area contributed by atoms with E-state index < -0.39 is 0 Å². The Morgan fingerprint density at radius 2 is 2.00 bits per heavy atom. The zero-order valence-corrected chi connectivity index (χ0v) is 17.7. The third-order valence-electron chi connectivity index (χ3n) is 4.61. The van der Waals surface area contributed by atoms with Gasteiger partial charge < -0.3 is 9.80 Å². The molecule has 134 valence electrons. The zero-order chi connectivity index (χ0) is 18.3. The van der Waals surface area contributed by atoms with Crippen molar-refractivity contribution in [1.29, 1.82) is 0 Å². The lowest BCUT2D eigenvalue weighted by Crippen LogP contribution is -2.32. The zero-order valence-electron chi connectivity index (χ0n) is 15.2. The van der Waals surface area contributed by atoms with Gasteiger partial charge >= 0.3 is 0 Å². The molecule has 1 fully saturated rings. The molecule has 0 aliphatic carbocycles. The number of fused-ring (bicyclic) bond motifs is 1. The van der Waals surface area contributed by atoms with Crippen LogP contribution in [0.5, 0.6) is 0 Å². The van der Waals surface area contributed by atoms with Crippen LogP contribution in [0.3, 0.4) is 0 Å². The van der Waals surface area contributed by atoms with E-state index in [-0.39, 0.29) is 0 Å². The van der Waals surface area contributed by atoms with Gasteiger partial charge in [0.1, 0.15) is 6.54 Å². The summed E-state index contributed by atoms with van der Waals surface area (Å²) in [5.41, 5.74) is 2.38. The minimum atomic E-state index is 0.924. The molecule has 1 aromatic carbocycles. The van der Waals surface area contributed by atoms with Crippen molar-refractivity contribution < 1.29 is 4.57 Å². The fourth-order valence-electron chi connectivity index (χ4n) is 3.20. The monoisotopic (exact) mass is 400 g/mol. The smallest absolute Gasteiger partial charge is 0.264 e. The molecule has 2 aliphatic rings. The normalized spacial score (nSPS) is 21.2. The highest BCUT2D eigenvalue weighted by atomic mass is 32.2. The molecule has 0 bridgehead atoms. The van der Waals surface area contributed by atoms with Gasteiger partial charge in [-0.15, -0.1) is 0 Å². The molecular formula is C20H22N3S3+. The summed E-state index contributed by atoms with van der Waals surface area (Å²) in [5, 5.41) is 5.97. The van der Waals surface area contributed by atoms with Crippen LogP contribution < -0.4 is 9.47 Å². The second-order valence-electron chi connectivity index (χ2n) is 6.07. The highest BCUT2D eigenvalue weighted by Crippen LogP contribution is 2.54. The summed E-state index contributed by atoms with van der Waals surface area (Å²) >= 11 is 5.47. The molecule has 0 spiro atoms. The molecule has 1 aromatic heterocycles. The van der Waals surface area contributed by atoms with E-state index in [4.69, 9.17) is 0 Å². The summed E-state index contributed by atoms with van der Waals surface area (Å²) in [4.78, 5) is 7.20. The molecule has 0 saturated carbocycles.